The highest BCUT2D eigenvalue weighted by atomic mass is 32.2. The quantitative estimate of drug-likeness (QED) is 0.365. The van der Waals surface area contributed by atoms with E-state index in [4.69, 9.17) is 9.47 Å². The number of anilines is 1. The summed E-state index contributed by atoms with van der Waals surface area (Å²) in [5, 5.41) is 13.5. The molecule has 0 atom stereocenters. The van der Waals surface area contributed by atoms with Crippen LogP contribution in [0.25, 0.3) is 0 Å². The lowest BCUT2D eigenvalue weighted by Crippen LogP contribution is -2.12. The fraction of sp³-hybridized carbons (Fsp3) is 0.200. The number of nitrogens with zero attached hydrogens (tertiary/aromatic N) is 2. The topological polar surface area (TPSA) is 138 Å². The van der Waals surface area contributed by atoms with Crippen molar-refractivity contribution in [1.82, 2.24) is 4.98 Å². The molecule has 0 aliphatic rings. The summed E-state index contributed by atoms with van der Waals surface area (Å²) in [5.74, 6) is 0.824. The molecule has 0 unspecified atom stereocenters. The number of sulfone groups is 1. The summed E-state index contributed by atoms with van der Waals surface area (Å²) in [6.07, 6.45) is 1.73. The van der Waals surface area contributed by atoms with Crippen LogP contribution in [0.15, 0.2) is 57.8 Å². The zero-order valence-corrected chi connectivity index (χ0v) is 18.7. The van der Waals surface area contributed by atoms with Gasteiger partial charge in [0.15, 0.2) is 16.6 Å². The molecule has 32 heavy (non-hydrogen) atoms. The van der Waals surface area contributed by atoms with E-state index in [0.717, 1.165) is 47.4 Å². The van der Waals surface area contributed by atoms with E-state index >= 15 is 0 Å². The van der Waals surface area contributed by atoms with Crippen LogP contribution in [0.5, 0.6) is 11.5 Å². The van der Waals surface area contributed by atoms with E-state index in [0.29, 0.717) is 17.9 Å². The Bertz CT molecular complexity index is 1240. The molecule has 1 heterocycles. The molecule has 0 radical (unpaired) electrons. The van der Waals surface area contributed by atoms with E-state index in [1.54, 1.807) is 12.1 Å². The number of nitro benzene ring substituents is 1. The molecular formula is C20H19N3O7S2. The van der Waals surface area contributed by atoms with E-state index in [1.165, 1.54) is 14.2 Å². The van der Waals surface area contributed by atoms with Gasteiger partial charge >= 0.3 is 0 Å². The summed E-state index contributed by atoms with van der Waals surface area (Å²) in [5.41, 5.74) is 0.661. The molecule has 0 aliphatic heterocycles. The van der Waals surface area contributed by atoms with Crippen LogP contribution >= 0.6 is 11.3 Å². The highest BCUT2D eigenvalue weighted by Crippen LogP contribution is 2.30. The summed E-state index contributed by atoms with van der Waals surface area (Å²) in [6.45, 7) is 0. The smallest absolute Gasteiger partial charge is 0.269 e. The molecule has 10 nitrogen and oxygen atoms in total. The van der Waals surface area contributed by atoms with Crippen molar-refractivity contribution in [3.8, 4) is 11.5 Å². The van der Waals surface area contributed by atoms with E-state index < -0.39 is 14.8 Å². The number of ether oxygens (including phenoxy) is 2. The number of aryl methyl sites for hydroxylation is 1. The normalized spacial score (nSPS) is 11.1. The minimum absolute atomic E-state index is 0.0819. The van der Waals surface area contributed by atoms with Crippen molar-refractivity contribution in [2.75, 3.05) is 19.5 Å². The Morgan fingerprint density at radius 1 is 1.12 bits per heavy atom. The van der Waals surface area contributed by atoms with Crippen LogP contribution < -0.4 is 14.8 Å². The van der Waals surface area contributed by atoms with Crippen molar-refractivity contribution >= 4 is 37.9 Å². The highest BCUT2D eigenvalue weighted by Gasteiger charge is 2.22. The van der Waals surface area contributed by atoms with Gasteiger partial charge in [-0.15, -0.1) is 0 Å². The Kier molecular flexibility index (Phi) is 7.05. The molecule has 0 spiro atoms. The Labute approximate surface area is 187 Å². The van der Waals surface area contributed by atoms with Crippen LogP contribution in [0.3, 0.4) is 0 Å². The summed E-state index contributed by atoms with van der Waals surface area (Å²) in [6, 6.07) is 9.91. The third kappa shape index (κ3) is 5.21. The number of carbonyl (C=O) groups is 1. The molecule has 12 heteroatoms. The van der Waals surface area contributed by atoms with Crippen LogP contribution in [-0.4, -0.2) is 38.5 Å². The standard InChI is InChI=1S/C20H19N3O7S2/c1-29-16-9-3-13(11-17(16)30-2)4-10-18(24)22-20-21-12-19(31-20)32(27,28)15-7-5-14(6-8-15)23(25)26/h3,5-9,11-12H,4,10H2,1-2H3,(H,21,22,24). The van der Waals surface area contributed by atoms with Crippen LogP contribution in [0.2, 0.25) is 0 Å². The number of benzene rings is 2. The number of hydrogen-bond acceptors (Lipinski definition) is 9. The van der Waals surface area contributed by atoms with Crippen molar-refractivity contribution in [3.05, 3.63) is 64.3 Å². The van der Waals surface area contributed by atoms with Crippen LogP contribution in [0.4, 0.5) is 10.8 Å². The zero-order valence-electron chi connectivity index (χ0n) is 17.1. The number of thiazole rings is 1. The molecule has 0 aliphatic carbocycles. The first-order chi connectivity index (χ1) is 15.2. The largest absolute Gasteiger partial charge is 0.493 e. The van der Waals surface area contributed by atoms with Gasteiger partial charge in [0.25, 0.3) is 5.69 Å². The molecule has 1 N–H and O–H groups in total. The first-order valence-corrected chi connectivity index (χ1v) is 11.5. The molecule has 168 valence electrons. The van der Waals surface area contributed by atoms with Crippen LogP contribution in [-0.2, 0) is 21.1 Å². The molecular weight excluding hydrogens is 458 g/mol. The number of aromatic nitrogens is 1. The van der Waals surface area contributed by atoms with Gasteiger partial charge in [-0.2, -0.15) is 0 Å². The third-order valence-corrected chi connectivity index (χ3v) is 7.59. The van der Waals surface area contributed by atoms with E-state index in [2.05, 4.69) is 10.3 Å². The predicted molar refractivity (Wildman–Crippen MR) is 117 cm³/mol. The van der Waals surface area contributed by atoms with Crippen molar-refractivity contribution in [3.63, 3.8) is 0 Å². The van der Waals surface area contributed by atoms with E-state index in [-0.39, 0.29) is 32.3 Å². The number of nitro groups is 1. The van der Waals surface area contributed by atoms with Gasteiger partial charge in [0.2, 0.25) is 15.7 Å². The average Bonchev–Trinajstić information content (AvgIpc) is 3.26. The zero-order chi connectivity index (χ0) is 23.3. The van der Waals surface area contributed by atoms with Crippen LogP contribution in [0, 0.1) is 10.1 Å². The van der Waals surface area contributed by atoms with Crippen LogP contribution in [0.1, 0.15) is 12.0 Å². The lowest BCUT2D eigenvalue weighted by molar-refractivity contribution is -0.384. The third-order valence-electron chi connectivity index (χ3n) is 4.44. The van der Waals surface area contributed by atoms with Crippen molar-refractivity contribution in [2.24, 2.45) is 0 Å². The summed E-state index contributed by atoms with van der Waals surface area (Å²) in [4.78, 5) is 26.3. The first-order valence-electron chi connectivity index (χ1n) is 9.20. The summed E-state index contributed by atoms with van der Waals surface area (Å²) >= 11 is 0.805. The summed E-state index contributed by atoms with van der Waals surface area (Å²) in [7, 11) is -0.846. The van der Waals surface area contributed by atoms with Gasteiger partial charge in [0.05, 0.1) is 30.2 Å². The fourth-order valence-corrected chi connectivity index (χ4v) is 5.23. The molecule has 0 bridgehead atoms. The van der Waals surface area contributed by atoms with E-state index in [9.17, 15) is 23.3 Å². The second kappa shape index (κ2) is 9.75. The lowest BCUT2D eigenvalue weighted by Gasteiger charge is -2.09. The van der Waals surface area contributed by atoms with Gasteiger partial charge < -0.3 is 14.8 Å². The van der Waals surface area contributed by atoms with Gasteiger partial charge in [0.1, 0.15) is 4.21 Å². The maximum Gasteiger partial charge on any atom is 0.269 e. The molecule has 1 aromatic heterocycles. The minimum Gasteiger partial charge on any atom is -0.493 e. The molecule has 2 aromatic carbocycles. The van der Waals surface area contributed by atoms with Crippen molar-refractivity contribution in [2.45, 2.75) is 21.9 Å². The van der Waals surface area contributed by atoms with Gasteiger partial charge in [-0.25, -0.2) is 13.4 Å². The maximum absolute atomic E-state index is 12.7. The second-order valence-electron chi connectivity index (χ2n) is 6.48. The molecule has 0 fully saturated rings. The monoisotopic (exact) mass is 477 g/mol. The SMILES string of the molecule is COc1ccc(CCC(=O)Nc2ncc(S(=O)(=O)c3ccc([N+](=O)[O-])cc3)s2)cc1OC. The molecule has 1 amide bonds. The average molecular weight is 478 g/mol. The van der Waals surface area contributed by atoms with Crippen molar-refractivity contribution < 1.29 is 27.6 Å². The Hall–Kier alpha value is -3.51. The molecule has 0 saturated carbocycles. The Balaban J connectivity index is 1.64. The number of non-ortho nitro benzene ring substituents is 1. The number of methoxy groups -OCH3 is 2. The van der Waals surface area contributed by atoms with Gasteiger partial charge in [-0.1, -0.05) is 17.4 Å². The number of hydrogen-bond donors (Lipinski definition) is 1. The van der Waals surface area contributed by atoms with Gasteiger partial charge in [-0.3, -0.25) is 14.9 Å². The molecule has 3 rings (SSSR count). The van der Waals surface area contributed by atoms with Gasteiger partial charge in [-0.05, 0) is 36.2 Å². The minimum atomic E-state index is -3.91. The predicted octanol–water partition coefficient (Wildman–Crippen LogP) is 3.47. The first kappa shape index (κ1) is 23.2. The number of amides is 1. The fourth-order valence-electron chi connectivity index (χ4n) is 2.78. The number of nitrogens with one attached hydrogen (secondary N) is 1. The summed E-state index contributed by atoms with van der Waals surface area (Å²) < 4.78 is 35.8. The molecule has 0 saturated heterocycles. The lowest BCUT2D eigenvalue weighted by atomic mass is 10.1. The second-order valence-corrected chi connectivity index (χ2v) is 9.68. The van der Waals surface area contributed by atoms with Gasteiger partial charge in [0, 0.05) is 18.6 Å². The number of carbonyl (C=O) groups excluding carboxylic acids is 1. The Morgan fingerprint density at radius 2 is 1.81 bits per heavy atom. The number of rotatable bonds is 9. The van der Waals surface area contributed by atoms with Crippen molar-refractivity contribution in [1.29, 1.82) is 0 Å². The van der Waals surface area contributed by atoms with E-state index in [1.807, 2.05) is 6.07 Å². The Morgan fingerprint density at radius 3 is 2.44 bits per heavy atom. The maximum atomic E-state index is 12.7. The highest BCUT2D eigenvalue weighted by molar-refractivity contribution is 7.93. The molecule has 3 aromatic rings.